The van der Waals surface area contributed by atoms with E-state index in [0.29, 0.717) is 24.1 Å². The van der Waals surface area contributed by atoms with Gasteiger partial charge in [-0.2, -0.15) is 0 Å². The van der Waals surface area contributed by atoms with Gasteiger partial charge in [0.25, 0.3) is 0 Å². The Morgan fingerprint density at radius 3 is 2.19 bits per heavy atom. The molecule has 0 spiro atoms. The molecule has 3 aromatic carbocycles. The number of hydrogen-bond acceptors (Lipinski definition) is 4. The van der Waals surface area contributed by atoms with Crippen molar-refractivity contribution in [3.63, 3.8) is 0 Å². The molecule has 1 aromatic heterocycles. The minimum atomic E-state index is -0.419. The number of aromatic nitrogens is 1. The number of aromatic amines is 1. The van der Waals surface area contributed by atoms with Gasteiger partial charge in [0.1, 0.15) is 5.76 Å². The lowest BCUT2D eigenvalue weighted by atomic mass is 9.95. The van der Waals surface area contributed by atoms with Crippen LogP contribution in [0.5, 0.6) is 0 Å². The molecule has 4 rings (SSSR count). The second-order valence-electron chi connectivity index (χ2n) is 7.39. The van der Waals surface area contributed by atoms with E-state index in [1.54, 1.807) is 18.0 Å². The van der Waals surface area contributed by atoms with Crippen molar-refractivity contribution < 1.29 is 9.15 Å². The largest absolute Gasteiger partial charge is 0.416 e. The smallest absolute Gasteiger partial charge is 0.412 e. The third-order valence-corrected chi connectivity index (χ3v) is 5.82. The van der Waals surface area contributed by atoms with Crippen molar-refractivity contribution in [1.82, 2.24) is 4.98 Å². The lowest BCUT2D eigenvalue weighted by molar-refractivity contribution is 0.168. The van der Waals surface area contributed by atoms with Gasteiger partial charge in [0, 0.05) is 6.20 Å². The number of oxazole rings is 1. The van der Waals surface area contributed by atoms with Crippen LogP contribution in [0.1, 0.15) is 33.6 Å². The van der Waals surface area contributed by atoms with E-state index in [-0.39, 0.29) is 0 Å². The first-order valence-corrected chi connectivity index (χ1v) is 11.4. The SMILES string of the molecule is O=c1[nH]cc(CSCOCc2ccc(Cc3ccccc3)cc2Cc2ccccc2)o1. The summed E-state index contributed by atoms with van der Waals surface area (Å²) in [7, 11) is 0. The van der Waals surface area contributed by atoms with Gasteiger partial charge < -0.3 is 9.15 Å². The Labute approximate surface area is 186 Å². The number of benzene rings is 3. The molecule has 0 bridgehead atoms. The maximum atomic E-state index is 11.0. The predicted molar refractivity (Wildman–Crippen MR) is 125 cm³/mol. The highest BCUT2D eigenvalue weighted by atomic mass is 32.2. The summed E-state index contributed by atoms with van der Waals surface area (Å²) >= 11 is 1.58. The van der Waals surface area contributed by atoms with Crippen molar-refractivity contribution in [1.29, 1.82) is 0 Å². The Kier molecular flexibility index (Phi) is 7.42. The molecule has 31 heavy (non-hydrogen) atoms. The highest BCUT2D eigenvalue weighted by molar-refractivity contribution is 7.98. The molecule has 4 aromatic rings. The number of ether oxygens (including phenoxy) is 1. The zero-order valence-corrected chi connectivity index (χ0v) is 18.1. The number of hydrogen-bond donors (Lipinski definition) is 1. The Morgan fingerprint density at radius 2 is 1.52 bits per heavy atom. The quantitative estimate of drug-likeness (QED) is 0.264. The van der Waals surface area contributed by atoms with E-state index in [9.17, 15) is 4.79 Å². The zero-order chi connectivity index (χ0) is 21.3. The monoisotopic (exact) mass is 431 g/mol. The molecule has 0 saturated heterocycles. The van der Waals surface area contributed by atoms with E-state index in [0.717, 1.165) is 12.8 Å². The fourth-order valence-corrected chi connectivity index (χ4v) is 4.11. The molecule has 0 aliphatic heterocycles. The summed E-state index contributed by atoms with van der Waals surface area (Å²) in [6.45, 7) is 0.553. The van der Waals surface area contributed by atoms with Crippen molar-refractivity contribution in [2.75, 3.05) is 5.94 Å². The maximum absolute atomic E-state index is 11.0. The van der Waals surface area contributed by atoms with Crippen LogP contribution in [0.4, 0.5) is 0 Å². The molecule has 0 fully saturated rings. The lowest BCUT2D eigenvalue weighted by Crippen LogP contribution is -2.01. The second kappa shape index (κ2) is 10.8. The van der Waals surface area contributed by atoms with Gasteiger partial charge in [0.15, 0.2) is 0 Å². The summed E-state index contributed by atoms with van der Waals surface area (Å²) in [4.78, 5) is 13.5. The van der Waals surface area contributed by atoms with Crippen LogP contribution in [-0.4, -0.2) is 10.9 Å². The van der Waals surface area contributed by atoms with E-state index in [1.165, 1.54) is 27.8 Å². The standard InChI is InChI=1S/C26H25NO3S/c28-26-27-16-25(30-26)18-31-19-29-17-23-12-11-22(13-20-7-3-1-4-8-20)15-24(23)14-21-9-5-2-6-10-21/h1-12,15-16H,13-14,17-19H2,(H,27,28). The molecule has 0 saturated carbocycles. The molecule has 0 unspecified atom stereocenters. The number of rotatable bonds is 10. The third kappa shape index (κ3) is 6.48. The Bertz CT molecular complexity index is 1140. The van der Waals surface area contributed by atoms with Crippen LogP contribution in [0, 0.1) is 0 Å². The predicted octanol–water partition coefficient (Wildman–Crippen LogP) is 5.56. The Morgan fingerprint density at radius 1 is 0.806 bits per heavy atom. The molecule has 1 N–H and O–H groups in total. The molecule has 0 aliphatic carbocycles. The van der Waals surface area contributed by atoms with Gasteiger partial charge in [-0.25, -0.2) is 4.79 Å². The van der Waals surface area contributed by atoms with Gasteiger partial charge in [-0.3, -0.25) is 4.98 Å². The van der Waals surface area contributed by atoms with Crippen LogP contribution in [0.2, 0.25) is 0 Å². The zero-order valence-electron chi connectivity index (χ0n) is 17.3. The minimum absolute atomic E-state index is 0.419. The van der Waals surface area contributed by atoms with Gasteiger partial charge in [0.2, 0.25) is 0 Å². The molecule has 158 valence electrons. The first-order chi connectivity index (χ1) is 15.3. The van der Waals surface area contributed by atoms with Crippen LogP contribution in [0.15, 0.2) is 94.3 Å². The van der Waals surface area contributed by atoms with E-state index in [1.807, 2.05) is 12.1 Å². The molecular formula is C26H25NO3S. The summed E-state index contributed by atoms with van der Waals surface area (Å²) in [6.07, 6.45) is 3.39. The molecule has 1 heterocycles. The van der Waals surface area contributed by atoms with Crippen molar-refractivity contribution in [2.24, 2.45) is 0 Å². The van der Waals surface area contributed by atoms with E-state index < -0.39 is 5.76 Å². The van der Waals surface area contributed by atoms with E-state index in [4.69, 9.17) is 9.15 Å². The summed E-state index contributed by atoms with van der Waals surface area (Å²) in [5.41, 5.74) is 6.40. The minimum Gasteiger partial charge on any atom is -0.412 e. The lowest BCUT2D eigenvalue weighted by Gasteiger charge is -2.13. The summed E-state index contributed by atoms with van der Waals surface area (Å²) in [5, 5.41) is 0. The fourth-order valence-electron chi connectivity index (χ4n) is 3.48. The van der Waals surface area contributed by atoms with Gasteiger partial charge in [-0.1, -0.05) is 78.9 Å². The van der Waals surface area contributed by atoms with Gasteiger partial charge in [-0.15, -0.1) is 11.8 Å². The Balaban J connectivity index is 1.41. The van der Waals surface area contributed by atoms with Crippen molar-refractivity contribution in [3.8, 4) is 0 Å². The average Bonchev–Trinajstić information content (AvgIpc) is 3.21. The second-order valence-corrected chi connectivity index (χ2v) is 8.32. The molecular weight excluding hydrogens is 406 g/mol. The number of H-pyrrole nitrogens is 1. The van der Waals surface area contributed by atoms with Gasteiger partial charge in [-0.05, 0) is 40.7 Å². The molecule has 4 nitrogen and oxygen atoms in total. The number of nitrogens with one attached hydrogen (secondary N) is 1. The molecule has 5 heteroatoms. The first kappa shape index (κ1) is 21.2. The summed E-state index contributed by atoms with van der Waals surface area (Å²) < 4.78 is 10.9. The highest BCUT2D eigenvalue weighted by Gasteiger charge is 2.07. The molecule has 0 atom stereocenters. The number of thioether (sulfide) groups is 1. The highest BCUT2D eigenvalue weighted by Crippen LogP contribution is 2.21. The van der Waals surface area contributed by atoms with Crippen LogP contribution < -0.4 is 5.76 Å². The fraction of sp³-hybridized carbons (Fsp3) is 0.192. The van der Waals surface area contributed by atoms with Crippen LogP contribution in [0.25, 0.3) is 0 Å². The molecule has 0 amide bonds. The topological polar surface area (TPSA) is 55.2 Å². The Hall–Kier alpha value is -3.02. The van der Waals surface area contributed by atoms with E-state index in [2.05, 4.69) is 71.7 Å². The summed E-state index contributed by atoms with van der Waals surface area (Å²) in [5.74, 6) is 1.35. The first-order valence-electron chi connectivity index (χ1n) is 10.3. The van der Waals surface area contributed by atoms with Crippen LogP contribution in [0.3, 0.4) is 0 Å². The van der Waals surface area contributed by atoms with Gasteiger partial charge >= 0.3 is 5.76 Å². The maximum Gasteiger partial charge on any atom is 0.416 e. The van der Waals surface area contributed by atoms with E-state index >= 15 is 0 Å². The van der Waals surface area contributed by atoms with Gasteiger partial charge in [0.05, 0.1) is 18.3 Å². The summed E-state index contributed by atoms with van der Waals surface area (Å²) in [6, 6.07) is 27.8. The average molecular weight is 432 g/mol. The van der Waals surface area contributed by atoms with Crippen molar-refractivity contribution >= 4 is 11.8 Å². The molecule has 0 radical (unpaired) electrons. The van der Waals surface area contributed by atoms with Crippen molar-refractivity contribution in [3.05, 3.63) is 129 Å². The normalized spacial score (nSPS) is 11.0. The van der Waals surface area contributed by atoms with Crippen LogP contribution >= 0.6 is 11.8 Å². The van der Waals surface area contributed by atoms with Crippen molar-refractivity contribution in [2.45, 2.75) is 25.2 Å². The molecule has 0 aliphatic rings. The third-order valence-electron chi connectivity index (χ3n) is 5.00. The van der Waals surface area contributed by atoms with Crippen LogP contribution in [-0.2, 0) is 29.9 Å².